The van der Waals surface area contributed by atoms with Crippen LogP contribution in [-0.2, 0) is 17.8 Å². The van der Waals surface area contributed by atoms with Gasteiger partial charge in [0.15, 0.2) is 0 Å². The SMILES string of the molecule is O=C(C1CCN(c2ccc(Br)cn2)C1)N1CCc2ccccc2C1. The van der Waals surface area contributed by atoms with Crippen molar-refractivity contribution in [2.45, 2.75) is 19.4 Å². The molecule has 1 aromatic carbocycles. The van der Waals surface area contributed by atoms with Crippen molar-refractivity contribution in [1.82, 2.24) is 9.88 Å². The number of halogens is 1. The van der Waals surface area contributed by atoms with Crippen LogP contribution in [0.15, 0.2) is 47.1 Å². The molecule has 2 aromatic rings. The molecule has 0 N–H and O–H groups in total. The topological polar surface area (TPSA) is 36.4 Å². The minimum Gasteiger partial charge on any atom is -0.356 e. The maximum absolute atomic E-state index is 12.9. The summed E-state index contributed by atoms with van der Waals surface area (Å²) in [6, 6.07) is 12.5. The minimum atomic E-state index is 0.0840. The van der Waals surface area contributed by atoms with Gasteiger partial charge in [-0.2, -0.15) is 0 Å². The first kappa shape index (κ1) is 15.6. The number of hydrogen-bond acceptors (Lipinski definition) is 3. The highest BCUT2D eigenvalue weighted by Gasteiger charge is 2.33. The molecule has 24 heavy (non-hydrogen) atoms. The second-order valence-electron chi connectivity index (χ2n) is 6.54. The number of nitrogens with zero attached hydrogens (tertiary/aromatic N) is 3. The van der Waals surface area contributed by atoms with Crippen molar-refractivity contribution < 1.29 is 4.79 Å². The Morgan fingerprint density at radius 1 is 1.12 bits per heavy atom. The summed E-state index contributed by atoms with van der Waals surface area (Å²) >= 11 is 3.41. The van der Waals surface area contributed by atoms with Crippen LogP contribution in [0.4, 0.5) is 5.82 Å². The van der Waals surface area contributed by atoms with Gasteiger partial charge in [0.1, 0.15) is 5.82 Å². The Hall–Kier alpha value is -1.88. The fraction of sp³-hybridized carbons (Fsp3) is 0.368. The number of carbonyl (C=O) groups excluding carboxylic acids is 1. The summed E-state index contributed by atoms with van der Waals surface area (Å²) in [7, 11) is 0. The number of fused-ring (bicyclic) bond motifs is 1. The molecule has 124 valence electrons. The molecular weight excluding hydrogens is 366 g/mol. The lowest BCUT2D eigenvalue weighted by Gasteiger charge is -2.31. The predicted molar refractivity (Wildman–Crippen MR) is 97.8 cm³/mol. The van der Waals surface area contributed by atoms with Crippen LogP contribution >= 0.6 is 15.9 Å². The van der Waals surface area contributed by atoms with Crippen LogP contribution < -0.4 is 4.90 Å². The first-order chi connectivity index (χ1) is 11.7. The molecule has 0 aliphatic carbocycles. The number of anilines is 1. The number of pyridine rings is 1. The van der Waals surface area contributed by atoms with E-state index < -0.39 is 0 Å². The quantitative estimate of drug-likeness (QED) is 0.795. The summed E-state index contributed by atoms with van der Waals surface area (Å²) in [5.41, 5.74) is 2.68. The van der Waals surface area contributed by atoms with E-state index in [1.54, 1.807) is 0 Å². The van der Waals surface area contributed by atoms with Gasteiger partial charge in [0.05, 0.1) is 5.92 Å². The van der Waals surface area contributed by atoms with E-state index in [9.17, 15) is 4.79 Å². The van der Waals surface area contributed by atoms with Gasteiger partial charge in [0, 0.05) is 36.8 Å². The summed E-state index contributed by atoms with van der Waals surface area (Å²) in [5, 5.41) is 0. The molecule has 3 heterocycles. The van der Waals surface area contributed by atoms with E-state index in [2.05, 4.69) is 50.1 Å². The Labute approximate surface area is 150 Å². The fourth-order valence-corrected chi connectivity index (χ4v) is 3.90. The molecule has 1 saturated heterocycles. The molecule has 1 amide bonds. The van der Waals surface area contributed by atoms with E-state index in [0.717, 1.165) is 49.3 Å². The lowest BCUT2D eigenvalue weighted by atomic mass is 9.98. The molecule has 4 rings (SSSR count). The van der Waals surface area contributed by atoms with Gasteiger partial charge in [-0.25, -0.2) is 4.98 Å². The van der Waals surface area contributed by atoms with Crippen molar-refractivity contribution in [1.29, 1.82) is 0 Å². The molecule has 1 unspecified atom stereocenters. The van der Waals surface area contributed by atoms with E-state index in [-0.39, 0.29) is 5.92 Å². The molecule has 2 aliphatic rings. The highest BCUT2D eigenvalue weighted by atomic mass is 79.9. The Morgan fingerprint density at radius 2 is 1.96 bits per heavy atom. The molecule has 0 spiro atoms. The van der Waals surface area contributed by atoms with Gasteiger partial charge in [0.25, 0.3) is 0 Å². The van der Waals surface area contributed by atoms with E-state index >= 15 is 0 Å². The molecule has 1 fully saturated rings. The summed E-state index contributed by atoms with van der Waals surface area (Å²) in [5.74, 6) is 1.34. The Morgan fingerprint density at radius 3 is 2.75 bits per heavy atom. The van der Waals surface area contributed by atoms with Gasteiger partial charge in [-0.3, -0.25) is 4.79 Å². The number of amides is 1. The molecule has 2 aliphatic heterocycles. The Balaban J connectivity index is 1.42. The van der Waals surface area contributed by atoms with Crippen LogP contribution in [0.3, 0.4) is 0 Å². The zero-order valence-electron chi connectivity index (χ0n) is 13.5. The van der Waals surface area contributed by atoms with Gasteiger partial charge >= 0.3 is 0 Å². The van der Waals surface area contributed by atoms with Crippen LogP contribution in [0.25, 0.3) is 0 Å². The van der Waals surface area contributed by atoms with E-state index in [1.165, 1.54) is 11.1 Å². The molecule has 4 nitrogen and oxygen atoms in total. The molecule has 0 bridgehead atoms. The second-order valence-corrected chi connectivity index (χ2v) is 7.46. The Bertz CT molecular complexity index is 747. The second kappa shape index (κ2) is 6.55. The maximum atomic E-state index is 12.9. The molecule has 5 heteroatoms. The standard InChI is InChI=1S/C19H20BrN3O/c20-17-5-6-18(21-11-17)22-9-8-16(13-22)19(24)23-10-7-14-3-1-2-4-15(14)12-23/h1-6,11,16H,7-10,12-13H2. The maximum Gasteiger partial charge on any atom is 0.227 e. The number of hydrogen-bond donors (Lipinski definition) is 0. The van der Waals surface area contributed by atoms with Crippen LogP contribution in [0.2, 0.25) is 0 Å². The first-order valence-corrected chi connectivity index (χ1v) is 9.22. The summed E-state index contributed by atoms with van der Waals surface area (Å²) < 4.78 is 0.977. The first-order valence-electron chi connectivity index (χ1n) is 8.43. The van der Waals surface area contributed by atoms with Gasteiger partial charge in [-0.15, -0.1) is 0 Å². The summed E-state index contributed by atoms with van der Waals surface area (Å²) in [6.07, 6.45) is 3.69. The molecule has 1 aromatic heterocycles. The van der Waals surface area contributed by atoms with Crippen LogP contribution in [-0.4, -0.2) is 35.4 Å². The zero-order chi connectivity index (χ0) is 16.5. The van der Waals surface area contributed by atoms with E-state index in [0.29, 0.717) is 5.91 Å². The zero-order valence-corrected chi connectivity index (χ0v) is 15.1. The number of benzene rings is 1. The van der Waals surface area contributed by atoms with Crippen molar-refractivity contribution >= 4 is 27.7 Å². The monoisotopic (exact) mass is 385 g/mol. The minimum absolute atomic E-state index is 0.0840. The average Bonchev–Trinajstić information content (AvgIpc) is 3.11. The summed E-state index contributed by atoms with van der Waals surface area (Å²) in [4.78, 5) is 21.6. The van der Waals surface area contributed by atoms with Crippen molar-refractivity contribution in [2.75, 3.05) is 24.5 Å². The normalized spacial score (nSPS) is 20.1. The van der Waals surface area contributed by atoms with Gasteiger partial charge in [-0.05, 0) is 52.0 Å². The molecular formula is C19H20BrN3O. The number of aromatic nitrogens is 1. The highest BCUT2D eigenvalue weighted by Crippen LogP contribution is 2.27. The van der Waals surface area contributed by atoms with Crippen LogP contribution in [0.5, 0.6) is 0 Å². The predicted octanol–water partition coefficient (Wildman–Crippen LogP) is 3.26. The smallest absolute Gasteiger partial charge is 0.227 e. The van der Waals surface area contributed by atoms with Crippen molar-refractivity contribution in [3.05, 3.63) is 58.2 Å². The van der Waals surface area contributed by atoms with Gasteiger partial charge in [0.2, 0.25) is 5.91 Å². The van der Waals surface area contributed by atoms with Crippen molar-refractivity contribution in [3.63, 3.8) is 0 Å². The van der Waals surface area contributed by atoms with E-state index in [1.807, 2.05) is 23.2 Å². The van der Waals surface area contributed by atoms with Crippen LogP contribution in [0, 0.1) is 5.92 Å². The van der Waals surface area contributed by atoms with Crippen LogP contribution in [0.1, 0.15) is 17.5 Å². The Kier molecular flexibility index (Phi) is 4.27. The van der Waals surface area contributed by atoms with Crippen molar-refractivity contribution in [2.24, 2.45) is 5.92 Å². The molecule has 0 saturated carbocycles. The number of rotatable bonds is 2. The van der Waals surface area contributed by atoms with Gasteiger partial charge < -0.3 is 9.80 Å². The summed E-state index contributed by atoms with van der Waals surface area (Å²) in [6.45, 7) is 3.26. The van der Waals surface area contributed by atoms with E-state index in [4.69, 9.17) is 0 Å². The third-order valence-corrected chi connectivity index (χ3v) is 5.48. The van der Waals surface area contributed by atoms with Crippen molar-refractivity contribution in [3.8, 4) is 0 Å². The largest absolute Gasteiger partial charge is 0.356 e. The molecule has 1 atom stereocenters. The third kappa shape index (κ3) is 3.05. The lowest BCUT2D eigenvalue weighted by molar-refractivity contribution is -0.135. The number of carbonyl (C=O) groups is 1. The lowest BCUT2D eigenvalue weighted by Crippen LogP contribution is -2.40. The average molecular weight is 386 g/mol. The highest BCUT2D eigenvalue weighted by molar-refractivity contribution is 9.10. The third-order valence-electron chi connectivity index (χ3n) is 5.02. The molecule has 0 radical (unpaired) electrons. The fourth-order valence-electron chi connectivity index (χ4n) is 3.67. The van der Waals surface area contributed by atoms with Gasteiger partial charge in [-0.1, -0.05) is 24.3 Å².